The van der Waals surface area contributed by atoms with E-state index in [9.17, 15) is 13.2 Å². The number of carbonyl (C=O) groups is 1. The van der Waals surface area contributed by atoms with Gasteiger partial charge in [0.05, 0.1) is 18.1 Å². The zero-order valence-electron chi connectivity index (χ0n) is 16.5. The summed E-state index contributed by atoms with van der Waals surface area (Å²) in [5.41, 5.74) is 0.957. The summed E-state index contributed by atoms with van der Waals surface area (Å²) in [7, 11) is -3.94. The summed E-state index contributed by atoms with van der Waals surface area (Å²) in [6.45, 7) is 5.02. The predicted molar refractivity (Wildman–Crippen MR) is 106 cm³/mol. The average molecular weight is 420 g/mol. The van der Waals surface area contributed by atoms with Crippen molar-refractivity contribution in [2.24, 2.45) is 0 Å². The van der Waals surface area contributed by atoms with E-state index in [1.165, 1.54) is 0 Å². The molecule has 2 aliphatic heterocycles. The van der Waals surface area contributed by atoms with Crippen molar-refractivity contribution in [3.05, 3.63) is 35.7 Å². The highest BCUT2D eigenvalue weighted by Gasteiger charge is 2.34. The smallest absolute Gasteiger partial charge is 0.309 e. The normalized spacial score (nSPS) is 18.1. The number of aryl methyl sites for hydroxylation is 1. The monoisotopic (exact) mass is 419 g/mol. The van der Waals surface area contributed by atoms with Crippen LogP contribution in [0.15, 0.2) is 38.6 Å². The molecule has 0 aliphatic carbocycles. The molecule has 2 fully saturated rings. The number of morpholine rings is 1. The van der Waals surface area contributed by atoms with Gasteiger partial charge in [0.2, 0.25) is 20.7 Å². The number of benzene rings is 1. The zero-order chi connectivity index (χ0) is 20.4. The highest BCUT2D eigenvalue weighted by molar-refractivity contribution is 7.91. The van der Waals surface area contributed by atoms with Gasteiger partial charge in [0.1, 0.15) is 0 Å². The van der Waals surface area contributed by atoms with E-state index in [0.29, 0.717) is 39.4 Å². The number of rotatable bonds is 4. The predicted octanol–water partition coefficient (Wildman–Crippen LogP) is 2.28. The topological polar surface area (TPSA) is 92.9 Å². The molecule has 1 amide bonds. The lowest BCUT2D eigenvalue weighted by atomic mass is 10.1. The van der Waals surface area contributed by atoms with E-state index >= 15 is 0 Å². The molecule has 1 aromatic carbocycles. The second-order valence-electron chi connectivity index (χ2n) is 7.40. The highest BCUT2D eigenvalue weighted by Crippen LogP contribution is 2.32. The number of amides is 1. The van der Waals surface area contributed by atoms with Gasteiger partial charge in [-0.2, -0.15) is 4.98 Å². The first kappa shape index (κ1) is 19.9. The van der Waals surface area contributed by atoms with Gasteiger partial charge in [0, 0.05) is 26.2 Å². The highest BCUT2D eigenvalue weighted by atomic mass is 32.2. The van der Waals surface area contributed by atoms with E-state index in [0.717, 1.165) is 24.8 Å². The Morgan fingerprint density at radius 2 is 1.66 bits per heavy atom. The minimum absolute atomic E-state index is 0.120. The summed E-state index contributed by atoms with van der Waals surface area (Å²) in [5, 5.41) is -0.205. The van der Waals surface area contributed by atoms with E-state index in [4.69, 9.17) is 9.15 Å². The molecule has 3 heterocycles. The first-order valence-corrected chi connectivity index (χ1v) is 11.4. The van der Waals surface area contributed by atoms with Crippen molar-refractivity contribution >= 4 is 21.6 Å². The van der Waals surface area contributed by atoms with Crippen molar-refractivity contribution in [1.82, 2.24) is 9.88 Å². The van der Waals surface area contributed by atoms with Crippen LogP contribution in [0.5, 0.6) is 0 Å². The van der Waals surface area contributed by atoms with Gasteiger partial charge in [0.25, 0.3) is 5.89 Å². The number of sulfone groups is 1. The lowest BCUT2D eigenvalue weighted by Gasteiger charge is -2.27. The number of nitrogens with zero attached hydrogens (tertiary/aromatic N) is 3. The van der Waals surface area contributed by atoms with Gasteiger partial charge in [-0.3, -0.25) is 4.79 Å². The Morgan fingerprint density at radius 1 is 1.00 bits per heavy atom. The number of aromatic nitrogens is 1. The number of oxazole rings is 1. The molecule has 2 aromatic rings. The van der Waals surface area contributed by atoms with Crippen molar-refractivity contribution in [3.8, 4) is 0 Å². The Bertz CT molecular complexity index is 972. The molecule has 8 nitrogen and oxygen atoms in total. The molecule has 0 spiro atoms. The summed E-state index contributed by atoms with van der Waals surface area (Å²) >= 11 is 0. The molecule has 29 heavy (non-hydrogen) atoms. The standard InChI is InChI=1S/C20H25N3O5S/c1-15-5-7-16(8-6-15)29(25,26)18-20(23-11-13-27-14-12-23)28-17(21-18)19(24)22-9-3-2-4-10-22/h5-8H,2-4,9-14H2,1H3. The third-order valence-corrected chi connectivity index (χ3v) is 6.96. The fraction of sp³-hybridized carbons (Fsp3) is 0.500. The van der Waals surface area contributed by atoms with Gasteiger partial charge in [-0.25, -0.2) is 8.42 Å². The summed E-state index contributed by atoms with van der Waals surface area (Å²) in [4.78, 5) is 20.7. The van der Waals surface area contributed by atoms with Gasteiger partial charge in [-0.05, 0) is 38.3 Å². The van der Waals surface area contributed by atoms with Gasteiger partial charge in [-0.1, -0.05) is 17.7 Å². The molecule has 9 heteroatoms. The third kappa shape index (κ3) is 4.02. The first-order valence-electron chi connectivity index (χ1n) is 9.91. The molecule has 0 bridgehead atoms. The maximum atomic E-state index is 13.3. The number of ether oxygens (including phenoxy) is 1. The molecular weight excluding hydrogens is 394 g/mol. The fourth-order valence-corrected chi connectivity index (χ4v) is 4.91. The maximum absolute atomic E-state index is 13.3. The molecule has 156 valence electrons. The Hall–Kier alpha value is -2.39. The van der Waals surface area contributed by atoms with E-state index in [-0.39, 0.29) is 27.6 Å². The minimum Gasteiger partial charge on any atom is -0.415 e. The maximum Gasteiger partial charge on any atom is 0.309 e. The molecule has 0 unspecified atom stereocenters. The number of likely N-dealkylation sites (tertiary alicyclic amines) is 1. The number of hydrogen-bond acceptors (Lipinski definition) is 7. The Kier molecular flexibility index (Phi) is 5.60. The second kappa shape index (κ2) is 8.16. The Labute approximate surface area is 170 Å². The Morgan fingerprint density at radius 3 is 2.31 bits per heavy atom. The van der Waals surface area contributed by atoms with Crippen LogP contribution >= 0.6 is 0 Å². The lowest BCUT2D eigenvalue weighted by molar-refractivity contribution is 0.0683. The van der Waals surface area contributed by atoms with Crippen LogP contribution in [-0.2, 0) is 14.6 Å². The van der Waals surface area contributed by atoms with Crippen LogP contribution in [0.2, 0.25) is 0 Å². The van der Waals surface area contributed by atoms with Crippen molar-refractivity contribution in [2.45, 2.75) is 36.1 Å². The molecule has 2 aliphatic rings. The fourth-order valence-electron chi connectivity index (χ4n) is 3.59. The van der Waals surface area contributed by atoms with Crippen LogP contribution in [0, 0.1) is 6.92 Å². The van der Waals surface area contributed by atoms with Gasteiger partial charge in [-0.15, -0.1) is 0 Å². The van der Waals surface area contributed by atoms with E-state index in [1.807, 2.05) is 6.92 Å². The molecule has 4 rings (SSSR count). The number of hydrogen-bond donors (Lipinski definition) is 0. The molecule has 2 saturated heterocycles. The van der Waals surface area contributed by atoms with Crippen LogP contribution < -0.4 is 4.90 Å². The molecule has 0 atom stereocenters. The molecule has 0 saturated carbocycles. The van der Waals surface area contributed by atoms with Crippen LogP contribution in [0.1, 0.15) is 35.5 Å². The lowest BCUT2D eigenvalue weighted by Crippen LogP contribution is -2.37. The Balaban J connectivity index is 1.75. The number of piperidine rings is 1. The SMILES string of the molecule is Cc1ccc(S(=O)(=O)c2nc(C(=O)N3CCCCC3)oc2N2CCOCC2)cc1. The van der Waals surface area contributed by atoms with Crippen LogP contribution in [0.25, 0.3) is 0 Å². The van der Waals surface area contributed by atoms with E-state index in [2.05, 4.69) is 4.98 Å². The number of anilines is 1. The number of carbonyl (C=O) groups excluding carboxylic acids is 1. The van der Waals surface area contributed by atoms with Gasteiger partial charge >= 0.3 is 5.91 Å². The average Bonchev–Trinajstić information content (AvgIpc) is 3.21. The van der Waals surface area contributed by atoms with Gasteiger partial charge in [0.15, 0.2) is 0 Å². The summed E-state index contributed by atoms with van der Waals surface area (Å²) in [5.74, 6) is -0.405. The minimum atomic E-state index is -3.94. The zero-order valence-corrected chi connectivity index (χ0v) is 17.3. The summed E-state index contributed by atoms with van der Waals surface area (Å²) < 4.78 is 37.8. The molecule has 0 radical (unpaired) electrons. The van der Waals surface area contributed by atoms with Gasteiger partial charge < -0.3 is 19.0 Å². The second-order valence-corrected chi connectivity index (χ2v) is 9.26. The summed E-state index contributed by atoms with van der Waals surface area (Å²) in [6, 6.07) is 6.57. The quantitative estimate of drug-likeness (QED) is 0.750. The van der Waals surface area contributed by atoms with Crippen molar-refractivity contribution < 1.29 is 22.4 Å². The largest absolute Gasteiger partial charge is 0.415 e. The van der Waals surface area contributed by atoms with E-state index < -0.39 is 9.84 Å². The van der Waals surface area contributed by atoms with Crippen LogP contribution in [0.3, 0.4) is 0 Å². The summed E-state index contributed by atoms with van der Waals surface area (Å²) in [6.07, 6.45) is 2.94. The van der Waals surface area contributed by atoms with Crippen molar-refractivity contribution in [2.75, 3.05) is 44.3 Å². The van der Waals surface area contributed by atoms with Crippen LogP contribution in [0.4, 0.5) is 5.88 Å². The third-order valence-electron chi connectivity index (χ3n) is 5.29. The van der Waals surface area contributed by atoms with E-state index in [1.54, 1.807) is 34.1 Å². The van der Waals surface area contributed by atoms with Crippen LogP contribution in [-0.4, -0.2) is 63.6 Å². The molecule has 0 N–H and O–H groups in total. The molecule has 1 aromatic heterocycles. The first-order chi connectivity index (χ1) is 14.0. The van der Waals surface area contributed by atoms with Crippen molar-refractivity contribution in [3.63, 3.8) is 0 Å². The van der Waals surface area contributed by atoms with Crippen molar-refractivity contribution in [1.29, 1.82) is 0 Å². The molecular formula is C20H25N3O5S.